The lowest BCUT2D eigenvalue weighted by atomic mass is 10.0. The van der Waals surface area contributed by atoms with E-state index < -0.39 is 6.10 Å². The zero-order chi connectivity index (χ0) is 21.8. The number of ketones is 1. The predicted octanol–water partition coefficient (Wildman–Crippen LogP) is 3.07. The highest BCUT2D eigenvalue weighted by atomic mass is 16.6. The Hall–Kier alpha value is -3.06. The maximum atomic E-state index is 12.3. The molecule has 2 unspecified atom stereocenters. The minimum Gasteiger partial charge on any atom is -0.508 e. The monoisotopic (exact) mass is 425 g/mol. The zero-order valence-corrected chi connectivity index (χ0v) is 17.3. The van der Waals surface area contributed by atoms with E-state index in [1.807, 2.05) is 12.1 Å². The van der Waals surface area contributed by atoms with Crippen LogP contribution < -0.4 is 14.8 Å². The van der Waals surface area contributed by atoms with Gasteiger partial charge in [0.1, 0.15) is 19.0 Å². The summed E-state index contributed by atoms with van der Waals surface area (Å²) in [7, 11) is 0. The normalized spacial score (nSPS) is 19.0. The van der Waals surface area contributed by atoms with Crippen LogP contribution in [0.1, 0.15) is 59.7 Å². The maximum absolute atomic E-state index is 12.3. The van der Waals surface area contributed by atoms with Crippen molar-refractivity contribution in [1.82, 2.24) is 5.32 Å². The molecule has 0 bridgehead atoms. The molecular formula is C24H27NO6. The van der Waals surface area contributed by atoms with Gasteiger partial charge < -0.3 is 25.0 Å². The van der Waals surface area contributed by atoms with E-state index in [1.54, 1.807) is 12.1 Å². The van der Waals surface area contributed by atoms with E-state index in [9.17, 15) is 19.8 Å². The Morgan fingerprint density at radius 3 is 2.39 bits per heavy atom. The summed E-state index contributed by atoms with van der Waals surface area (Å²) in [6.07, 6.45) is 2.72. The SMILES string of the molecule is O=C(CCCCCC(=O)c1ccc(O)cc1)NC1Cc2cc3c(cc2C1O)OCCO3. The van der Waals surface area contributed by atoms with Crippen LogP contribution in [0.15, 0.2) is 36.4 Å². The summed E-state index contributed by atoms with van der Waals surface area (Å²) in [5, 5.41) is 22.8. The molecule has 0 radical (unpaired) electrons. The van der Waals surface area contributed by atoms with Crippen molar-refractivity contribution in [3.8, 4) is 17.2 Å². The van der Waals surface area contributed by atoms with E-state index in [0.717, 1.165) is 17.5 Å². The quantitative estimate of drug-likeness (QED) is 0.443. The molecule has 1 amide bonds. The molecule has 0 fully saturated rings. The van der Waals surface area contributed by atoms with E-state index in [4.69, 9.17) is 9.47 Å². The molecule has 0 saturated heterocycles. The first-order valence-electron chi connectivity index (χ1n) is 10.7. The van der Waals surface area contributed by atoms with Gasteiger partial charge in [-0.3, -0.25) is 9.59 Å². The number of Topliss-reactive ketones (excluding diaryl/α,β-unsaturated/α-hetero) is 1. The summed E-state index contributed by atoms with van der Waals surface area (Å²) in [4.78, 5) is 24.5. The second-order valence-corrected chi connectivity index (χ2v) is 8.05. The van der Waals surface area contributed by atoms with Crippen molar-refractivity contribution in [2.24, 2.45) is 0 Å². The molecular weight excluding hydrogens is 398 g/mol. The second kappa shape index (κ2) is 9.39. The van der Waals surface area contributed by atoms with Gasteiger partial charge in [0.2, 0.25) is 5.91 Å². The van der Waals surface area contributed by atoms with Gasteiger partial charge in [0.15, 0.2) is 17.3 Å². The zero-order valence-electron chi connectivity index (χ0n) is 17.3. The predicted molar refractivity (Wildman–Crippen MR) is 114 cm³/mol. The fourth-order valence-electron chi connectivity index (χ4n) is 4.11. The number of phenols is 1. The first-order valence-corrected chi connectivity index (χ1v) is 10.7. The van der Waals surface area contributed by atoms with Crippen molar-refractivity contribution in [3.63, 3.8) is 0 Å². The number of unbranched alkanes of at least 4 members (excludes halogenated alkanes) is 2. The minimum absolute atomic E-state index is 0.0342. The molecule has 164 valence electrons. The average molecular weight is 425 g/mol. The molecule has 0 spiro atoms. The molecule has 7 heteroatoms. The first-order chi connectivity index (χ1) is 15.0. The van der Waals surface area contributed by atoms with Gasteiger partial charge in [-0.2, -0.15) is 0 Å². The van der Waals surface area contributed by atoms with Crippen LogP contribution in [-0.4, -0.2) is 41.2 Å². The average Bonchev–Trinajstić information content (AvgIpc) is 3.06. The third-order valence-corrected chi connectivity index (χ3v) is 5.79. The Balaban J connectivity index is 1.19. The fourth-order valence-corrected chi connectivity index (χ4v) is 4.11. The number of aliphatic hydroxyl groups excluding tert-OH is 1. The number of carbonyl (C=O) groups excluding carboxylic acids is 2. The van der Waals surface area contributed by atoms with Gasteiger partial charge in [0.05, 0.1) is 12.1 Å². The molecule has 2 aromatic rings. The molecule has 1 aliphatic heterocycles. The van der Waals surface area contributed by atoms with Crippen molar-refractivity contribution in [2.45, 2.75) is 50.7 Å². The lowest BCUT2D eigenvalue weighted by molar-refractivity contribution is -0.122. The number of aliphatic hydroxyl groups is 1. The topological polar surface area (TPSA) is 105 Å². The summed E-state index contributed by atoms with van der Waals surface area (Å²) in [6.45, 7) is 0.998. The number of nitrogens with one attached hydrogen (secondary N) is 1. The number of hydrogen-bond donors (Lipinski definition) is 3. The molecule has 2 aliphatic rings. The molecule has 0 aromatic heterocycles. The van der Waals surface area contributed by atoms with E-state index in [-0.39, 0.29) is 23.5 Å². The van der Waals surface area contributed by atoms with Crippen molar-refractivity contribution < 1.29 is 29.3 Å². The number of carbonyl (C=O) groups is 2. The summed E-state index contributed by atoms with van der Waals surface area (Å²) < 4.78 is 11.2. The number of fused-ring (bicyclic) bond motifs is 2. The van der Waals surface area contributed by atoms with Gasteiger partial charge in [0.25, 0.3) is 0 Å². The molecule has 31 heavy (non-hydrogen) atoms. The minimum atomic E-state index is -0.766. The number of amides is 1. The van der Waals surface area contributed by atoms with E-state index in [0.29, 0.717) is 62.4 Å². The summed E-state index contributed by atoms with van der Waals surface area (Å²) in [6, 6.07) is 9.58. The standard InChI is InChI=1S/C24H27NO6/c26-17-8-6-15(7-9-17)20(27)4-2-1-3-5-23(28)25-19-12-16-13-21-22(31-11-10-30-21)14-18(16)24(19)29/h6-9,13-14,19,24,26,29H,1-5,10-12H2,(H,25,28). The van der Waals surface area contributed by atoms with Gasteiger partial charge in [-0.15, -0.1) is 0 Å². The van der Waals surface area contributed by atoms with Gasteiger partial charge in [-0.1, -0.05) is 6.42 Å². The smallest absolute Gasteiger partial charge is 0.220 e. The Morgan fingerprint density at radius 1 is 0.968 bits per heavy atom. The Kier molecular flexibility index (Phi) is 6.42. The molecule has 3 N–H and O–H groups in total. The van der Waals surface area contributed by atoms with Gasteiger partial charge in [-0.25, -0.2) is 0 Å². The number of aromatic hydroxyl groups is 1. The highest BCUT2D eigenvalue weighted by Gasteiger charge is 2.34. The lowest BCUT2D eigenvalue weighted by Crippen LogP contribution is -2.37. The number of phenolic OH excluding ortho intramolecular Hbond substituents is 1. The molecule has 1 aliphatic carbocycles. The highest BCUT2D eigenvalue weighted by Crippen LogP contribution is 2.40. The molecule has 1 heterocycles. The number of hydrogen-bond acceptors (Lipinski definition) is 6. The van der Waals surface area contributed by atoms with Gasteiger partial charge >= 0.3 is 0 Å². The van der Waals surface area contributed by atoms with Crippen LogP contribution in [0.2, 0.25) is 0 Å². The van der Waals surface area contributed by atoms with E-state index in [2.05, 4.69) is 5.32 Å². The van der Waals surface area contributed by atoms with Crippen LogP contribution in [0.25, 0.3) is 0 Å². The summed E-state index contributed by atoms with van der Waals surface area (Å²) >= 11 is 0. The molecule has 2 atom stereocenters. The van der Waals surface area contributed by atoms with Crippen LogP contribution in [0, 0.1) is 0 Å². The first kappa shape index (κ1) is 21.2. The molecule has 4 rings (SSSR count). The molecule has 2 aromatic carbocycles. The Labute approximate surface area is 181 Å². The number of benzene rings is 2. The van der Waals surface area contributed by atoms with Crippen molar-refractivity contribution >= 4 is 11.7 Å². The fraction of sp³-hybridized carbons (Fsp3) is 0.417. The van der Waals surface area contributed by atoms with Crippen LogP contribution in [-0.2, 0) is 11.2 Å². The third-order valence-electron chi connectivity index (χ3n) is 5.79. The van der Waals surface area contributed by atoms with Crippen LogP contribution in [0.4, 0.5) is 0 Å². The second-order valence-electron chi connectivity index (χ2n) is 8.05. The Morgan fingerprint density at radius 2 is 1.65 bits per heavy atom. The van der Waals surface area contributed by atoms with E-state index >= 15 is 0 Å². The summed E-state index contributed by atoms with van der Waals surface area (Å²) in [5.74, 6) is 1.40. The van der Waals surface area contributed by atoms with Crippen LogP contribution in [0.5, 0.6) is 17.2 Å². The molecule has 7 nitrogen and oxygen atoms in total. The number of ether oxygens (including phenoxy) is 2. The van der Waals surface area contributed by atoms with Crippen LogP contribution in [0.3, 0.4) is 0 Å². The Bertz CT molecular complexity index is 955. The highest BCUT2D eigenvalue weighted by molar-refractivity contribution is 5.96. The lowest BCUT2D eigenvalue weighted by Gasteiger charge is -2.20. The third kappa shape index (κ3) is 4.99. The van der Waals surface area contributed by atoms with Gasteiger partial charge in [-0.05, 0) is 66.8 Å². The molecule has 0 saturated carbocycles. The van der Waals surface area contributed by atoms with Crippen LogP contribution >= 0.6 is 0 Å². The van der Waals surface area contributed by atoms with Crippen molar-refractivity contribution in [1.29, 1.82) is 0 Å². The largest absolute Gasteiger partial charge is 0.508 e. The number of rotatable bonds is 8. The van der Waals surface area contributed by atoms with Gasteiger partial charge in [0, 0.05) is 18.4 Å². The maximum Gasteiger partial charge on any atom is 0.220 e. The summed E-state index contributed by atoms with van der Waals surface area (Å²) in [5.41, 5.74) is 2.33. The van der Waals surface area contributed by atoms with E-state index in [1.165, 1.54) is 12.1 Å². The van der Waals surface area contributed by atoms with Crippen molar-refractivity contribution in [3.05, 3.63) is 53.1 Å². The van der Waals surface area contributed by atoms with Crippen molar-refractivity contribution in [2.75, 3.05) is 13.2 Å².